The number of nitrogens with two attached hydrogens (primary N) is 1. The van der Waals surface area contributed by atoms with Gasteiger partial charge in [0.15, 0.2) is 0 Å². The van der Waals surface area contributed by atoms with Crippen LogP contribution in [0.15, 0.2) is 0 Å². The number of rotatable bonds is 6. The molecule has 1 saturated heterocycles. The van der Waals surface area contributed by atoms with Crippen LogP contribution in [0.1, 0.15) is 51.4 Å². The van der Waals surface area contributed by atoms with Crippen LogP contribution in [0, 0.1) is 11.3 Å². The Balaban J connectivity index is 0.00000288. The van der Waals surface area contributed by atoms with Gasteiger partial charge < -0.3 is 10.6 Å². The first-order valence-electron chi connectivity index (χ1n) is 8.76. The van der Waals surface area contributed by atoms with E-state index in [1.807, 2.05) is 4.90 Å². The second-order valence-corrected chi connectivity index (χ2v) is 9.24. The van der Waals surface area contributed by atoms with E-state index in [9.17, 15) is 13.2 Å². The second-order valence-electron chi connectivity index (χ2n) is 7.41. The zero-order valence-electron chi connectivity index (χ0n) is 14.6. The third kappa shape index (κ3) is 6.50. The molecule has 0 aromatic carbocycles. The number of carbonyl (C=O) groups is 1. The van der Waals surface area contributed by atoms with E-state index >= 15 is 0 Å². The number of hydrogen-bond acceptors (Lipinski definition) is 4. The van der Waals surface area contributed by atoms with Crippen molar-refractivity contribution < 1.29 is 13.2 Å². The minimum Gasteiger partial charge on any atom is -0.342 e. The van der Waals surface area contributed by atoms with Gasteiger partial charge in [0.1, 0.15) is 0 Å². The number of amides is 1. The van der Waals surface area contributed by atoms with Gasteiger partial charge in [-0.1, -0.05) is 19.3 Å². The van der Waals surface area contributed by atoms with Crippen LogP contribution in [-0.4, -0.2) is 51.7 Å². The largest absolute Gasteiger partial charge is 0.342 e. The summed E-state index contributed by atoms with van der Waals surface area (Å²) in [6, 6.07) is 0. The monoisotopic (exact) mass is 381 g/mol. The van der Waals surface area contributed by atoms with Gasteiger partial charge >= 0.3 is 0 Å². The van der Waals surface area contributed by atoms with Crippen LogP contribution < -0.4 is 10.5 Å². The summed E-state index contributed by atoms with van der Waals surface area (Å²) in [5.41, 5.74) is 5.98. The first kappa shape index (κ1) is 21.7. The Morgan fingerprint density at radius 1 is 1.25 bits per heavy atom. The van der Waals surface area contributed by atoms with Crippen molar-refractivity contribution in [3.05, 3.63) is 0 Å². The molecule has 0 spiro atoms. The fraction of sp³-hybridized carbons (Fsp3) is 0.938. The van der Waals surface area contributed by atoms with Crippen molar-refractivity contribution in [2.24, 2.45) is 17.1 Å². The van der Waals surface area contributed by atoms with Crippen molar-refractivity contribution in [1.29, 1.82) is 0 Å². The summed E-state index contributed by atoms with van der Waals surface area (Å²) in [5.74, 6) is 0.406. The second kappa shape index (κ2) is 9.36. The summed E-state index contributed by atoms with van der Waals surface area (Å²) in [7, 11) is -3.17. The van der Waals surface area contributed by atoms with Crippen molar-refractivity contribution in [3.63, 3.8) is 0 Å². The Kier molecular flexibility index (Phi) is 8.45. The third-order valence-electron chi connectivity index (χ3n) is 5.38. The molecule has 2 rings (SSSR count). The molecular formula is C16H32ClN3O3S. The zero-order chi connectivity index (χ0) is 16.9. The van der Waals surface area contributed by atoms with E-state index in [0.29, 0.717) is 26.1 Å². The summed E-state index contributed by atoms with van der Waals surface area (Å²) in [6.45, 7) is 2.45. The number of nitrogens with one attached hydrogen (secondary N) is 1. The average molecular weight is 382 g/mol. The molecule has 6 nitrogen and oxygen atoms in total. The van der Waals surface area contributed by atoms with Crippen molar-refractivity contribution >= 4 is 28.3 Å². The van der Waals surface area contributed by atoms with Crippen LogP contribution >= 0.6 is 12.4 Å². The van der Waals surface area contributed by atoms with Crippen molar-refractivity contribution in [2.75, 3.05) is 32.4 Å². The molecule has 0 aromatic heterocycles. The highest BCUT2D eigenvalue weighted by Gasteiger charge is 2.35. The summed E-state index contributed by atoms with van der Waals surface area (Å²) in [4.78, 5) is 14.6. The molecule has 142 valence electrons. The van der Waals surface area contributed by atoms with Gasteiger partial charge in [0, 0.05) is 26.1 Å². The molecule has 1 atom stereocenters. The van der Waals surface area contributed by atoms with Gasteiger partial charge in [0.05, 0.1) is 6.26 Å². The van der Waals surface area contributed by atoms with Gasteiger partial charge in [-0.2, -0.15) is 0 Å². The molecule has 2 aliphatic rings. The minimum atomic E-state index is -3.17. The Hall–Kier alpha value is -0.370. The first-order chi connectivity index (χ1) is 10.8. The van der Waals surface area contributed by atoms with Gasteiger partial charge in [0.2, 0.25) is 15.9 Å². The van der Waals surface area contributed by atoms with Gasteiger partial charge in [-0.15, -0.1) is 12.4 Å². The quantitative estimate of drug-likeness (QED) is 0.729. The predicted octanol–water partition coefficient (Wildman–Crippen LogP) is 1.50. The number of hydrogen-bond donors (Lipinski definition) is 2. The highest BCUT2D eigenvalue weighted by atomic mass is 35.5. The molecule has 1 aliphatic heterocycles. The van der Waals surface area contributed by atoms with Crippen LogP contribution in [0.2, 0.25) is 0 Å². The number of piperidine rings is 1. The maximum atomic E-state index is 12.7. The molecule has 1 unspecified atom stereocenters. The Bertz CT molecular complexity index is 507. The fourth-order valence-corrected chi connectivity index (χ4v) is 4.45. The Morgan fingerprint density at radius 3 is 2.50 bits per heavy atom. The zero-order valence-corrected chi connectivity index (χ0v) is 16.3. The molecule has 0 bridgehead atoms. The summed E-state index contributed by atoms with van der Waals surface area (Å²) in [6.07, 6.45) is 9.34. The molecular weight excluding hydrogens is 350 g/mol. The fourth-order valence-electron chi connectivity index (χ4n) is 3.91. The van der Waals surface area contributed by atoms with Crippen molar-refractivity contribution in [2.45, 2.75) is 51.4 Å². The number of sulfonamides is 1. The van der Waals surface area contributed by atoms with E-state index in [1.54, 1.807) is 0 Å². The topological polar surface area (TPSA) is 92.5 Å². The average Bonchev–Trinajstić information content (AvgIpc) is 2.53. The maximum Gasteiger partial charge on any atom is 0.223 e. The highest BCUT2D eigenvalue weighted by Crippen LogP contribution is 2.39. The molecule has 0 aromatic rings. The lowest BCUT2D eigenvalue weighted by molar-refractivity contribution is -0.136. The molecule has 1 aliphatic carbocycles. The van der Waals surface area contributed by atoms with Crippen molar-refractivity contribution in [3.8, 4) is 0 Å². The SMILES string of the molecule is CS(=O)(=O)NCC1CCCN(C(=O)CC2(CN)CCCCC2)C1.Cl. The first-order valence-corrected chi connectivity index (χ1v) is 10.7. The van der Waals surface area contributed by atoms with Crippen LogP contribution in [0.25, 0.3) is 0 Å². The van der Waals surface area contributed by atoms with Crippen LogP contribution in [-0.2, 0) is 14.8 Å². The molecule has 1 saturated carbocycles. The Labute approximate surface area is 152 Å². The minimum absolute atomic E-state index is 0. The summed E-state index contributed by atoms with van der Waals surface area (Å²) >= 11 is 0. The highest BCUT2D eigenvalue weighted by molar-refractivity contribution is 7.88. The maximum absolute atomic E-state index is 12.7. The van der Waals surface area contributed by atoms with Crippen molar-refractivity contribution in [1.82, 2.24) is 9.62 Å². The van der Waals surface area contributed by atoms with E-state index in [-0.39, 0.29) is 29.6 Å². The van der Waals surface area contributed by atoms with Gasteiger partial charge in [-0.25, -0.2) is 13.1 Å². The van der Waals surface area contributed by atoms with Gasteiger partial charge in [-0.3, -0.25) is 4.79 Å². The Morgan fingerprint density at radius 2 is 1.92 bits per heavy atom. The number of carbonyl (C=O) groups excluding carboxylic acids is 1. The third-order valence-corrected chi connectivity index (χ3v) is 6.07. The molecule has 1 amide bonds. The van der Waals surface area contributed by atoms with Crippen LogP contribution in [0.5, 0.6) is 0 Å². The lowest BCUT2D eigenvalue weighted by Crippen LogP contribution is -2.46. The van der Waals surface area contributed by atoms with E-state index in [1.165, 1.54) is 25.5 Å². The smallest absolute Gasteiger partial charge is 0.223 e. The standard InChI is InChI=1S/C16H31N3O3S.ClH/c1-23(21,22)18-11-14-6-5-9-19(12-14)15(20)10-16(13-17)7-3-2-4-8-16;/h14,18H,2-13,17H2,1H3;1H. The molecule has 24 heavy (non-hydrogen) atoms. The lowest BCUT2D eigenvalue weighted by Gasteiger charge is -2.39. The normalized spacial score (nSPS) is 24.2. The molecule has 8 heteroatoms. The van der Waals surface area contributed by atoms with E-state index in [4.69, 9.17) is 5.73 Å². The van der Waals surface area contributed by atoms with Crippen LogP contribution in [0.4, 0.5) is 0 Å². The lowest BCUT2D eigenvalue weighted by atomic mass is 9.71. The molecule has 3 N–H and O–H groups in total. The summed E-state index contributed by atoms with van der Waals surface area (Å²) in [5, 5.41) is 0. The van der Waals surface area contributed by atoms with Gasteiger partial charge in [-0.05, 0) is 43.6 Å². The number of likely N-dealkylation sites (tertiary alicyclic amines) is 1. The van der Waals surface area contributed by atoms with E-state index < -0.39 is 10.0 Å². The molecule has 0 radical (unpaired) electrons. The predicted molar refractivity (Wildman–Crippen MR) is 98.6 cm³/mol. The molecule has 1 heterocycles. The van der Waals surface area contributed by atoms with E-state index in [0.717, 1.165) is 32.2 Å². The van der Waals surface area contributed by atoms with Gasteiger partial charge in [0.25, 0.3) is 0 Å². The summed E-state index contributed by atoms with van der Waals surface area (Å²) < 4.78 is 25.0. The number of halogens is 1. The number of nitrogens with zero attached hydrogens (tertiary/aromatic N) is 1. The van der Waals surface area contributed by atoms with E-state index in [2.05, 4.69) is 4.72 Å². The van der Waals surface area contributed by atoms with Crippen LogP contribution in [0.3, 0.4) is 0 Å². The molecule has 2 fully saturated rings.